The van der Waals surface area contributed by atoms with Crippen LogP contribution in [0, 0.1) is 0 Å². The van der Waals surface area contributed by atoms with Crippen LogP contribution in [0.1, 0.15) is 40.9 Å². The van der Waals surface area contributed by atoms with E-state index in [2.05, 4.69) is 15.3 Å². The predicted molar refractivity (Wildman–Crippen MR) is 115 cm³/mol. The molecule has 0 aliphatic carbocycles. The number of carboxylic acids is 2. The van der Waals surface area contributed by atoms with Crippen molar-refractivity contribution in [2.75, 3.05) is 23.7 Å². The van der Waals surface area contributed by atoms with Crippen molar-refractivity contribution in [2.45, 2.75) is 38.1 Å². The van der Waals surface area contributed by atoms with Crippen molar-refractivity contribution in [3.8, 4) is 5.88 Å². The van der Waals surface area contributed by atoms with Gasteiger partial charge in [0.15, 0.2) is 0 Å². The lowest BCUT2D eigenvalue weighted by Crippen LogP contribution is -2.41. The summed E-state index contributed by atoms with van der Waals surface area (Å²) in [5.74, 6) is -3.03. The molecular formula is C21H25N5O6. The van der Waals surface area contributed by atoms with Crippen LogP contribution >= 0.6 is 0 Å². The normalized spacial score (nSPS) is 13.4. The molecule has 1 aliphatic heterocycles. The summed E-state index contributed by atoms with van der Waals surface area (Å²) >= 11 is 0. The molecule has 0 saturated heterocycles. The standard InChI is InChI=1S/C21H25N5O6/c22-21-24-14-9-11-26(17(14)19(30)25-21)10-1-2-12-3-5-13(6-4-12)18(29)23-15(20(31)32)7-8-16(27)28/h3-6,15H,1-2,7-11H2,(H,23,29)(H,27,28)(H,31,32)(H3,22,24,25,30)/t15-/m0/s1. The number of aliphatic carboxylic acids is 2. The maximum Gasteiger partial charge on any atom is 0.326 e. The summed E-state index contributed by atoms with van der Waals surface area (Å²) in [7, 11) is 0. The zero-order valence-corrected chi connectivity index (χ0v) is 17.3. The number of amides is 1. The van der Waals surface area contributed by atoms with Crippen LogP contribution in [0.15, 0.2) is 24.3 Å². The second kappa shape index (κ2) is 9.94. The van der Waals surface area contributed by atoms with Crippen molar-refractivity contribution in [1.29, 1.82) is 0 Å². The van der Waals surface area contributed by atoms with Crippen LogP contribution in [0.2, 0.25) is 0 Å². The molecule has 1 aliphatic rings. The number of nitrogen functional groups attached to an aromatic ring is 1. The minimum Gasteiger partial charge on any atom is -0.492 e. The van der Waals surface area contributed by atoms with Crippen molar-refractivity contribution in [3.63, 3.8) is 0 Å². The molecule has 2 heterocycles. The van der Waals surface area contributed by atoms with Crippen molar-refractivity contribution < 1.29 is 29.7 Å². The van der Waals surface area contributed by atoms with E-state index in [1.165, 1.54) is 0 Å². The Hall–Kier alpha value is -3.89. The largest absolute Gasteiger partial charge is 0.492 e. The average Bonchev–Trinajstić information content (AvgIpc) is 3.14. The van der Waals surface area contributed by atoms with Crippen molar-refractivity contribution in [1.82, 2.24) is 15.3 Å². The van der Waals surface area contributed by atoms with Gasteiger partial charge in [-0.3, -0.25) is 9.59 Å². The summed E-state index contributed by atoms with van der Waals surface area (Å²) in [6, 6.07) is 5.53. The molecule has 6 N–H and O–H groups in total. The SMILES string of the molecule is Nc1nc(O)c2c(n1)CCN2CCCc1ccc(C(=O)N[C@@H](CCC(=O)O)C(=O)O)cc1. The molecule has 11 heteroatoms. The molecule has 0 saturated carbocycles. The first-order valence-electron chi connectivity index (χ1n) is 10.2. The van der Waals surface area contributed by atoms with E-state index in [-0.39, 0.29) is 24.7 Å². The van der Waals surface area contributed by atoms with E-state index in [9.17, 15) is 19.5 Å². The maximum absolute atomic E-state index is 12.3. The Labute approximate surface area is 183 Å². The van der Waals surface area contributed by atoms with Crippen LogP contribution in [0.5, 0.6) is 5.88 Å². The molecule has 170 valence electrons. The highest BCUT2D eigenvalue weighted by molar-refractivity contribution is 5.96. The van der Waals surface area contributed by atoms with Gasteiger partial charge in [0.05, 0.1) is 5.69 Å². The maximum atomic E-state index is 12.3. The molecule has 11 nitrogen and oxygen atoms in total. The molecule has 1 amide bonds. The van der Waals surface area contributed by atoms with Gasteiger partial charge in [0.1, 0.15) is 11.7 Å². The fourth-order valence-corrected chi connectivity index (χ4v) is 3.64. The van der Waals surface area contributed by atoms with Gasteiger partial charge in [-0.25, -0.2) is 9.78 Å². The number of carboxylic acid groups (broad SMARTS) is 2. The van der Waals surface area contributed by atoms with Gasteiger partial charge in [-0.15, -0.1) is 0 Å². The number of nitrogens with zero attached hydrogens (tertiary/aromatic N) is 3. The Balaban J connectivity index is 1.52. The molecular weight excluding hydrogens is 418 g/mol. The average molecular weight is 443 g/mol. The van der Waals surface area contributed by atoms with E-state index in [0.717, 1.165) is 30.6 Å². The summed E-state index contributed by atoms with van der Waals surface area (Å²) in [6.07, 6.45) is 1.69. The Morgan fingerprint density at radius 1 is 1.16 bits per heavy atom. The van der Waals surface area contributed by atoms with Crippen LogP contribution in [0.4, 0.5) is 11.6 Å². The van der Waals surface area contributed by atoms with Crippen LogP contribution in [-0.4, -0.2) is 62.3 Å². The lowest BCUT2D eigenvalue weighted by molar-refractivity contribution is -0.140. The fourth-order valence-electron chi connectivity index (χ4n) is 3.64. The van der Waals surface area contributed by atoms with E-state index in [1.807, 2.05) is 4.90 Å². The predicted octanol–water partition coefficient (Wildman–Crippen LogP) is 0.807. The third-order valence-electron chi connectivity index (χ3n) is 5.25. The van der Waals surface area contributed by atoms with E-state index in [0.29, 0.717) is 24.2 Å². The number of benzene rings is 1. The van der Waals surface area contributed by atoms with Crippen molar-refractivity contribution in [3.05, 3.63) is 41.1 Å². The quantitative estimate of drug-likeness (QED) is 0.353. The van der Waals surface area contributed by atoms with Gasteiger partial charge in [-0.2, -0.15) is 4.98 Å². The number of aromatic nitrogens is 2. The number of nitrogens with two attached hydrogens (primary N) is 1. The van der Waals surface area contributed by atoms with Gasteiger partial charge in [0, 0.05) is 31.5 Å². The summed E-state index contributed by atoms with van der Waals surface area (Å²) < 4.78 is 0. The minimum absolute atomic E-state index is 0.0591. The van der Waals surface area contributed by atoms with Gasteiger partial charge in [0.2, 0.25) is 11.8 Å². The van der Waals surface area contributed by atoms with E-state index in [4.69, 9.17) is 15.9 Å². The highest BCUT2D eigenvalue weighted by atomic mass is 16.4. The van der Waals surface area contributed by atoms with Gasteiger partial charge >= 0.3 is 11.9 Å². The Morgan fingerprint density at radius 2 is 1.88 bits per heavy atom. The molecule has 2 aromatic rings. The number of fused-ring (bicyclic) bond motifs is 1. The zero-order valence-electron chi connectivity index (χ0n) is 17.3. The molecule has 0 unspecified atom stereocenters. The first kappa shape index (κ1) is 22.8. The van der Waals surface area contributed by atoms with Gasteiger partial charge in [0.25, 0.3) is 5.91 Å². The van der Waals surface area contributed by atoms with Gasteiger partial charge < -0.3 is 31.3 Å². The van der Waals surface area contributed by atoms with Crippen LogP contribution in [-0.2, 0) is 22.4 Å². The van der Waals surface area contributed by atoms with Crippen LogP contribution in [0.25, 0.3) is 0 Å². The number of rotatable bonds is 10. The summed E-state index contributed by atoms with van der Waals surface area (Å²) in [5, 5.41) is 30.3. The first-order chi connectivity index (χ1) is 15.2. The number of hydrogen-bond acceptors (Lipinski definition) is 8. The summed E-state index contributed by atoms with van der Waals surface area (Å²) in [6.45, 7) is 1.42. The number of carbonyl (C=O) groups excluding carboxylic acids is 1. The Bertz CT molecular complexity index is 1010. The first-order valence-corrected chi connectivity index (χ1v) is 10.2. The zero-order chi connectivity index (χ0) is 23.3. The van der Waals surface area contributed by atoms with E-state index in [1.54, 1.807) is 24.3 Å². The van der Waals surface area contributed by atoms with Gasteiger partial charge in [-0.1, -0.05) is 12.1 Å². The molecule has 0 spiro atoms. The van der Waals surface area contributed by atoms with Crippen molar-refractivity contribution in [2.24, 2.45) is 0 Å². The van der Waals surface area contributed by atoms with E-state index < -0.39 is 23.9 Å². The second-order valence-electron chi connectivity index (χ2n) is 7.53. The Kier molecular flexibility index (Phi) is 7.08. The third kappa shape index (κ3) is 5.62. The van der Waals surface area contributed by atoms with Crippen LogP contribution < -0.4 is 16.0 Å². The number of hydrogen-bond donors (Lipinski definition) is 5. The molecule has 1 aromatic carbocycles. The molecule has 0 fully saturated rings. The van der Waals surface area contributed by atoms with Crippen molar-refractivity contribution >= 4 is 29.5 Å². The summed E-state index contributed by atoms with van der Waals surface area (Å²) in [5.41, 5.74) is 8.24. The number of aryl methyl sites for hydroxylation is 1. The Morgan fingerprint density at radius 3 is 2.53 bits per heavy atom. The molecule has 3 rings (SSSR count). The second-order valence-corrected chi connectivity index (χ2v) is 7.53. The number of anilines is 2. The third-order valence-corrected chi connectivity index (χ3v) is 5.25. The van der Waals surface area contributed by atoms with Crippen LogP contribution in [0.3, 0.4) is 0 Å². The number of nitrogens with one attached hydrogen (secondary N) is 1. The molecule has 32 heavy (non-hydrogen) atoms. The molecule has 1 aromatic heterocycles. The number of aromatic hydroxyl groups is 1. The lowest BCUT2D eigenvalue weighted by atomic mass is 10.1. The molecule has 1 atom stereocenters. The minimum atomic E-state index is -1.28. The fraction of sp³-hybridized carbons (Fsp3) is 0.381. The lowest BCUT2D eigenvalue weighted by Gasteiger charge is -2.19. The molecule has 0 bridgehead atoms. The highest BCUT2D eigenvalue weighted by Gasteiger charge is 2.25. The topological polar surface area (TPSA) is 179 Å². The number of carbonyl (C=O) groups is 3. The molecule has 0 radical (unpaired) electrons. The monoisotopic (exact) mass is 443 g/mol. The summed E-state index contributed by atoms with van der Waals surface area (Å²) in [4.78, 5) is 44.2. The van der Waals surface area contributed by atoms with Gasteiger partial charge in [-0.05, 0) is 37.0 Å². The smallest absolute Gasteiger partial charge is 0.326 e. The highest BCUT2D eigenvalue weighted by Crippen LogP contribution is 2.34. The van der Waals surface area contributed by atoms with E-state index >= 15 is 0 Å².